The Bertz CT molecular complexity index is 711. The number of nitrogens with one attached hydrogen (secondary N) is 1. The number of carbonyl (C=O) groups excluding carboxylic acids is 1. The molecular formula is C21H31N3O. The summed E-state index contributed by atoms with van der Waals surface area (Å²) < 4.78 is 2.22. The molecule has 2 heterocycles. The van der Waals surface area contributed by atoms with Crippen LogP contribution in [0.1, 0.15) is 39.2 Å². The van der Waals surface area contributed by atoms with Crippen LogP contribution in [0.2, 0.25) is 0 Å². The smallest absolute Gasteiger partial charge is 0.224 e. The fourth-order valence-corrected chi connectivity index (χ4v) is 3.89. The van der Waals surface area contributed by atoms with Crippen molar-refractivity contribution in [3.05, 3.63) is 36.0 Å². The van der Waals surface area contributed by atoms with Crippen LogP contribution in [0.3, 0.4) is 0 Å². The maximum atomic E-state index is 12.4. The van der Waals surface area contributed by atoms with Gasteiger partial charge < -0.3 is 14.8 Å². The highest BCUT2D eigenvalue weighted by Gasteiger charge is 2.21. The average molecular weight is 341 g/mol. The summed E-state index contributed by atoms with van der Waals surface area (Å²) in [6, 6.07) is 8.98. The van der Waals surface area contributed by atoms with Crippen LogP contribution in [0.5, 0.6) is 0 Å². The third-order valence-corrected chi connectivity index (χ3v) is 5.53. The number of hydrogen-bond donors (Lipinski definition) is 1. The summed E-state index contributed by atoms with van der Waals surface area (Å²) in [7, 11) is 0. The lowest BCUT2D eigenvalue weighted by molar-refractivity contribution is -0.120. The third-order valence-electron chi connectivity index (χ3n) is 5.53. The minimum atomic E-state index is 0.144. The molecule has 4 heteroatoms. The number of hydrogen-bond acceptors (Lipinski definition) is 2. The quantitative estimate of drug-likeness (QED) is 0.874. The number of nitrogens with zero attached hydrogens (tertiary/aromatic N) is 2. The lowest BCUT2D eigenvalue weighted by Crippen LogP contribution is -2.41. The van der Waals surface area contributed by atoms with Crippen LogP contribution < -0.4 is 5.32 Å². The van der Waals surface area contributed by atoms with Gasteiger partial charge in [0.05, 0.1) is 6.42 Å². The van der Waals surface area contributed by atoms with Gasteiger partial charge in [0, 0.05) is 36.2 Å². The van der Waals surface area contributed by atoms with Gasteiger partial charge in [0.1, 0.15) is 0 Å². The number of amides is 1. The number of carbonyl (C=O) groups is 1. The minimum absolute atomic E-state index is 0.144. The van der Waals surface area contributed by atoms with E-state index in [-0.39, 0.29) is 5.91 Å². The van der Waals surface area contributed by atoms with Gasteiger partial charge in [-0.05, 0) is 64.3 Å². The van der Waals surface area contributed by atoms with Crippen molar-refractivity contribution in [3.63, 3.8) is 0 Å². The van der Waals surface area contributed by atoms with Crippen molar-refractivity contribution < 1.29 is 4.79 Å². The molecule has 2 aromatic rings. The summed E-state index contributed by atoms with van der Waals surface area (Å²) in [6.07, 6.45) is 4.98. The molecular weight excluding hydrogens is 310 g/mol. The Balaban J connectivity index is 1.54. The first-order valence-corrected chi connectivity index (χ1v) is 9.66. The molecule has 1 saturated heterocycles. The Kier molecular flexibility index (Phi) is 5.79. The van der Waals surface area contributed by atoms with Gasteiger partial charge in [-0.15, -0.1) is 0 Å². The molecule has 1 aliphatic rings. The fourth-order valence-electron chi connectivity index (χ4n) is 3.89. The van der Waals surface area contributed by atoms with Gasteiger partial charge in [0.15, 0.2) is 0 Å². The Hall–Kier alpha value is -1.81. The van der Waals surface area contributed by atoms with E-state index >= 15 is 0 Å². The average Bonchev–Trinajstić information content (AvgIpc) is 2.98. The summed E-state index contributed by atoms with van der Waals surface area (Å²) in [4.78, 5) is 15.0. The van der Waals surface area contributed by atoms with E-state index in [1.54, 1.807) is 0 Å². The second-order valence-electron chi connectivity index (χ2n) is 7.51. The molecule has 0 atom stereocenters. The molecule has 25 heavy (non-hydrogen) atoms. The number of piperidine rings is 1. The summed E-state index contributed by atoms with van der Waals surface area (Å²) in [5.74, 6) is 0.765. The molecule has 1 aromatic heterocycles. The van der Waals surface area contributed by atoms with Gasteiger partial charge in [-0.25, -0.2) is 0 Å². The Morgan fingerprint density at radius 2 is 1.96 bits per heavy atom. The highest BCUT2D eigenvalue weighted by molar-refractivity contribution is 5.89. The number of fused-ring (bicyclic) bond motifs is 1. The largest absolute Gasteiger partial charge is 0.356 e. The Morgan fingerprint density at radius 1 is 1.24 bits per heavy atom. The Morgan fingerprint density at radius 3 is 2.64 bits per heavy atom. The molecule has 1 amide bonds. The maximum absolute atomic E-state index is 12.4. The van der Waals surface area contributed by atoms with E-state index in [9.17, 15) is 4.79 Å². The van der Waals surface area contributed by atoms with Gasteiger partial charge >= 0.3 is 0 Å². The molecule has 136 valence electrons. The first kappa shape index (κ1) is 18.0. The van der Waals surface area contributed by atoms with E-state index in [4.69, 9.17) is 0 Å². The van der Waals surface area contributed by atoms with Gasteiger partial charge in [-0.2, -0.15) is 0 Å². The van der Waals surface area contributed by atoms with E-state index in [1.807, 2.05) is 6.07 Å². The van der Waals surface area contributed by atoms with Crippen molar-refractivity contribution in [3.8, 4) is 0 Å². The SMILES string of the molecule is CCn1cc(CC(=O)NCC2CCN(C(C)C)CC2)c2ccccc21. The summed E-state index contributed by atoms with van der Waals surface area (Å²) >= 11 is 0. The molecule has 4 nitrogen and oxygen atoms in total. The summed E-state index contributed by atoms with van der Waals surface area (Å²) in [5.41, 5.74) is 2.35. The van der Waals surface area contributed by atoms with Crippen molar-refractivity contribution in [2.24, 2.45) is 5.92 Å². The molecule has 3 rings (SSSR count). The van der Waals surface area contributed by atoms with Crippen LogP contribution >= 0.6 is 0 Å². The van der Waals surface area contributed by atoms with Gasteiger partial charge in [0.2, 0.25) is 5.91 Å². The molecule has 1 N–H and O–H groups in total. The second kappa shape index (κ2) is 8.05. The molecule has 0 bridgehead atoms. The van der Waals surface area contributed by atoms with Crippen molar-refractivity contribution in [2.75, 3.05) is 19.6 Å². The van der Waals surface area contributed by atoms with Crippen molar-refractivity contribution >= 4 is 16.8 Å². The van der Waals surface area contributed by atoms with Crippen LogP contribution in [0, 0.1) is 5.92 Å². The lowest BCUT2D eigenvalue weighted by Gasteiger charge is -2.34. The normalized spacial score (nSPS) is 16.6. The van der Waals surface area contributed by atoms with E-state index in [0.29, 0.717) is 18.4 Å². The van der Waals surface area contributed by atoms with Gasteiger partial charge in [-0.1, -0.05) is 18.2 Å². The van der Waals surface area contributed by atoms with Crippen molar-refractivity contribution in [1.82, 2.24) is 14.8 Å². The molecule has 1 aliphatic heterocycles. The predicted octanol–water partition coefficient (Wildman–Crippen LogP) is 3.44. The van der Waals surface area contributed by atoms with E-state index < -0.39 is 0 Å². The monoisotopic (exact) mass is 341 g/mol. The van der Waals surface area contributed by atoms with Crippen LogP contribution in [0.15, 0.2) is 30.5 Å². The molecule has 0 unspecified atom stereocenters. The number of rotatable bonds is 6. The lowest BCUT2D eigenvalue weighted by atomic mass is 9.96. The molecule has 1 aromatic carbocycles. The first-order chi connectivity index (χ1) is 12.1. The van der Waals surface area contributed by atoms with E-state index in [1.165, 1.54) is 23.7 Å². The maximum Gasteiger partial charge on any atom is 0.224 e. The zero-order valence-electron chi connectivity index (χ0n) is 15.8. The van der Waals surface area contributed by atoms with E-state index in [0.717, 1.165) is 31.7 Å². The van der Waals surface area contributed by atoms with Crippen LogP contribution in [0.25, 0.3) is 10.9 Å². The molecule has 0 spiro atoms. The van der Waals surface area contributed by atoms with Crippen LogP contribution in [0.4, 0.5) is 0 Å². The number of para-hydroxylation sites is 1. The highest BCUT2D eigenvalue weighted by atomic mass is 16.1. The van der Waals surface area contributed by atoms with Gasteiger partial charge in [-0.3, -0.25) is 4.79 Å². The summed E-state index contributed by atoms with van der Waals surface area (Å²) in [6.45, 7) is 10.7. The number of aromatic nitrogens is 1. The van der Waals surface area contributed by atoms with E-state index in [2.05, 4.69) is 60.0 Å². The van der Waals surface area contributed by atoms with Gasteiger partial charge in [0.25, 0.3) is 0 Å². The fraction of sp³-hybridized carbons (Fsp3) is 0.571. The van der Waals surface area contributed by atoms with Crippen LogP contribution in [-0.2, 0) is 17.8 Å². The van der Waals surface area contributed by atoms with Crippen LogP contribution in [-0.4, -0.2) is 41.1 Å². The molecule has 0 radical (unpaired) electrons. The second-order valence-corrected chi connectivity index (χ2v) is 7.51. The zero-order chi connectivity index (χ0) is 17.8. The predicted molar refractivity (Wildman–Crippen MR) is 104 cm³/mol. The molecule has 0 saturated carbocycles. The van der Waals surface area contributed by atoms with Crippen molar-refractivity contribution in [1.29, 1.82) is 0 Å². The highest BCUT2D eigenvalue weighted by Crippen LogP contribution is 2.22. The number of aryl methyl sites for hydroxylation is 1. The number of likely N-dealkylation sites (tertiary alicyclic amines) is 1. The first-order valence-electron chi connectivity index (χ1n) is 9.66. The Labute approximate surface area is 151 Å². The molecule has 1 fully saturated rings. The third kappa shape index (κ3) is 4.24. The standard InChI is InChI=1S/C21H31N3O/c1-4-23-15-18(19-7-5-6-8-20(19)23)13-21(25)22-14-17-9-11-24(12-10-17)16(2)3/h5-8,15-17H,4,9-14H2,1-3H3,(H,22,25). The number of benzene rings is 1. The summed E-state index contributed by atoms with van der Waals surface area (Å²) in [5, 5.41) is 4.37. The topological polar surface area (TPSA) is 37.3 Å². The molecule has 0 aliphatic carbocycles. The zero-order valence-corrected chi connectivity index (χ0v) is 15.8. The minimum Gasteiger partial charge on any atom is -0.356 e. The van der Waals surface area contributed by atoms with Crippen molar-refractivity contribution in [2.45, 2.75) is 52.6 Å².